The van der Waals surface area contributed by atoms with Crippen molar-refractivity contribution in [1.82, 2.24) is 10.3 Å². The van der Waals surface area contributed by atoms with Gasteiger partial charge in [0.15, 0.2) is 0 Å². The highest BCUT2D eigenvalue weighted by Gasteiger charge is 2.13. The number of aliphatic hydroxyl groups is 1. The Hall–Kier alpha value is -1.29. The van der Waals surface area contributed by atoms with Crippen LogP contribution >= 0.6 is 0 Å². The first-order valence-electron chi connectivity index (χ1n) is 6.04. The Balaban J connectivity index is 2.43. The van der Waals surface area contributed by atoms with Gasteiger partial charge in [0.2, 0.25) is 0 Å². The molecule has 0 aromatic carbocycles. The summed E-state index contributed by atoms with van der Waals surface area (Å²) in [4.78, 5) is 14.8. The lowest BCUT2D eigenvalue weighted by molar-refractivity contribution is 0.0915. The fourth-order valence-corrected chi connectivity index (χ4v) is 1.72. The second-order valence-electron chi connectivity index (χ2n) is 4.87. The molecular weight excluding hydrogens is 216 g/mol. The second kappa shape index (κ2) is 5.87. The molecule has 1 aromatic rings. The van der Waals surface area contributed by atoms with Crippen molar-refractivity contribution in [2.24, 2.45) is 5.92 Å². The summed E-state index contributed by atoms with van der Waals surface area (Å²) in [6.45, 7) is 8.25. The van der Waals surface area contributed by atoms with Crippen LogP contribution in [0.25, 0.3) is 0 Å². The van der Waals surface area contributed by atoms with Crippen LogP contribution in [0.4, 0.5) is 0 Å². The molecule has 0 aliphatic rings. The molecular formula is C13H22N2O2. The number of hydrogen-bond acceptors (Lipinski definition) is 2. The monoisotopic (exact) mass is 238 g/mol. The summed E-state index contributed by atoms with van der Waals surface area (Å²) in [7, 11) is 0. The molecule has 4 heteroatoms. The predicted octanol–water partition coefficient (Wildman–Crippen LogP) is 1.77. The van der Waals surface area contributed by atoms with Crippen LogP contribution in [0.15, 0.2) is 6.07 Å². The Morgan fingerprint density at radius 1 is 1.47 bits per heavy atom. The lowest BCUT2D eigenvalue weighted by Gasteiger charge is -2.14. The second-order valence-corrected chi connectivity index (χ2v) is 4.87. The average molecular weight is 238 g/mol. The van der Waals surface area contributed by atoms with E-state index < -0.39 is 0 Å². The first-order valence-corrected chi connectivity index (χ1v) is 6.04. The molecule has 0 saturated carbocycles. The van der Waals surface area contributed by atoms with Crippen molar-refractivity contribution in [3.8, 4) is 0 Å². The minimum Gasteiger partial charge on any atom is -0.393 e. The number of nitrogens with one attached hydrogen (secondary N) is 2. The van der Waals surface area contributed by atoms with Gasteiger partial charge < -0.3 is 15.4 Å². The molecule has 1 unspecified atom stereocenters. The van der Waals surface area contributed by atoms with E-state index in [0.29, 0.717) is 18.7 Å². The van der Waals surface area contributed by atoms with Crippen molar-refractivity contribution >= 4 is 5.91 Å². The topological polar surface area (TPSA) is 65.1 Å². The fraction of sp³-hybridized carbons (Fsp3) is 0.615. The minimum absolute atomic E-state index is 0.105. The Morgan fingerprint density at radius 3 is 2.59 bits per heavy atom. The molecule has 4 nitrogen and oxygen atoms in total. The molecule has 1 heterocycles. The molecule has 96 valence electrons. The number of amides is 1. The number of aromatic amines is 1. The van der Waals surface area contributed by atoms with E-state index in [1.807, 2.05) is 33.8 Å². The molecule has 0 fully saturated rings. The van der Waals surface area contributed by atoms with Crippen LogP contribution in [0.3, 0.4) is 0 Å². The Labute approximate surface area is 102 Å². The zero-order valence-electron chi connectivity index (χ0n) is 11.0. The first-order chi connectivity index (χ1) is 7.91. The third-order valence-electron chi connectivity index (χ3n) is 2.87. The standard InChI is InChI=1S/C13H22N2O2/c1-8(2)11(16)5-6-14-13(17)12-9(3)7-10(4)15-12/h7-8,11,15-16H,5-6H2,1-4H3,(H,14,17). The highest BCUT2D eigenvalue weighted by molar-refractivity contribution is 5.93. The number of aromatic nitrogens is 1. The number of hydrogen-bond donors (Lipinski definition) is 3. The van der Waals surface area contributed by atoms with Gasteiger partial charge in [0.05, 0.1) is 6.10 Å². The van der Waals surface area contributed by atoms with Gasteiger partial charge in [-0.3, -0.25) is 4.79 Å². The van der Waals surface area contributed by atoms with Crippen LogP contribution in [0.5, 0.6) is 0 Å². The zero-order chi connectivity index (χ0) is 13.0. The van der Waals surface area contributed by atoms with Crippen LogP contribution in [-0.4, -0.2) is 28.6 Å². The van der Waals surface area contributed by atoms with Gasteiger partial charge in [0.25, 0.3) is 5.91 Å². The fourth-order valence-electron chi connectivity index (χ4n) is 1.72. The number of carbonyl (C=O) groups is 1. The van der Waals surface area contributed by atoms with Crippen LogP contribution in [-0.2, 0) is 0 Å². The maximum absolute atomic E-state index is 11.8. The van der Waals surface area contributed by atoms with Crippen LogP contribution in [0.2, 0.25) is 0 Å². The Morgan fingerprint density at radius 2 is 2.12 bits per heavy atom. The van der Waals surface area contributed by atoms with Crippen molar-refractivity contribution in [3.63, 3.8) is 0 Å². The average Bonchev–Trinajstić information content (AvgIpc) is 2.57. The number of carbonyl (C=O) groups excluding carboxylic acids is 1. The summed E-state index contributed by atoms with van der Waals surface area (Å²) in [6, 6.07) is 1.94. The third-order valence-corrected chi connectivity index (χ3v) is 2.87. The summed E-state index contributed by atoms with van der Waals surface area (Å²) < 4.78 is 0. The molecule has 1 aromatic heterocycles. The predicted molar refractivity (Wildman–Crippen MR) is 68.1 cm³/mol. The lowest BCUT2D eigenvalue weighted by Crippen LogP contribution is -2.29. The van der Waals surface area contributed by atoms with Crippen molar-refractivity contribution < 1.29 is 9.90 Å². The summed E-state index contributed by atoms with van der Waals surface area (Å²) in [5.41, 5.74) is 2.54. The van der Waals surface area contributed by atoms with Gasteiger partial charge in [0, 0.05) is 12.2 Å². The molecule has 17 heavy (non-hydrogen) atoms. The lowest BCUT2D eigenvalue weighted by atomic mass is 10.0. The largest absolute Gasteiger partial charge is 0.393 e. The van der Waals surface area contributed by atoms with E-state index >= 15 is 0 Å². The number of aliphatic hydroxyl groups excluding tert-OH is 1. The summed E-state index contributed by atoms with van der Waals surface area (Å²) >= 11 is 0. The highest BCUT2D eigenvalue weighted by atomic mass is 16.3. The van der Waals surface area contributed by atoms with Crippen molar-refractivity contribution in [2.45, 2.75) is 40.2 Å². The molecule has 0 saturated heterocycles. The number of rotatable bonds is 5. The van der Waals surface area contributed by atoms with Gasteiger partial charge >= 0.3 is 0 Å². The van der Waals surface area contributed by atoms with E-state index in [4.69, 9.17) is 0 Å². The van der Waals surface area contributed by atoms with E-state index in [1.54, 1.807) is 0 Å². The van der Waals surface area contributed by atoms with E-state index in [0.717, 1.165) is 11.3 Å². The molecule has 0 aliphatic heterocycles. The van der Waals surface area contributed by atoms with Gasteiger partial charge in [-0.2, -0.15) is 0 Å². The zero-order valence-corrected chi connectivity index (χ0v) is 11.0. The number of aryl methyl sites for hydroxylation is 2. The molecule has 0 bridgehead atoms. The third kappa shape index (κ3) is 3.89. The van der Waals surface area contributed by atoms with Crippen LogP contribution in [0, 0.1) is 19.8 Å². The summed E-state index contributed by atoms with van der Waals surface area (Å²) in [5, 5.41) is 12.4. The van der Waals surface area contributed by atoms with E-state index in [9.17, 15) is 9.90 Å². The molecule has 3 N–H and O–H groups in total. The van der Waals surface area contributed by atoms with Crippen molar-refractivity contribution in [3.05, 3.63) is 23.0 Å². The Kier molecular flexibility index (Phi) is 4.75. The van der Waals surface area contributed by atoms with Gasteiger partial charge in [-0.15, -0.1) is 0 Å². The Bertz CT molecular complexity index is 383. The summed E-state index contributed by atoms with van der Waals surface area (Å²) in [5.74, 6) is 0.118. The van der Waals surface area contributed by atoms with Gasteiger partial charge in [-0.25, -0.2) is 0 Å². The van der Waals surface area contributed by atoms with E-state index in [-0.39, 0.29) is 17.9 Å². The normalized spacial score (nSPS) is 12.8. The SMILES string of the molecule is Cc1cc(C)c(C(=O)NCCC(O)C(C)C)[nH]1. The van der Waals surface area contributed by atoms with E-state index in [1.165, 1.54) is 0 Å². The van der Waals surface area contributed by atoms with E-state index in [2.05, 4.69) is 10.3 Å². The van der Waals surface area contributed by atoms with Gasteiger partial charge in [-0.05, 0) is 37.8 Å². The molecule has 0 radical (unpaired) electrons. The molecule has 1 rings (SSSR count). The molecule has 1 atom stereocenters. The van der Waals surface area contributed by atoms with Crippen LogP contribution < -0.4 is 5.32 Å². The maximum atomic E-state index is 11.8. The summed E-state index contributed by atoms with van der Waals surface area (Å²) in [6.07, 6.45) is 0.226. The smallest absolute Gasteiger partial charge is 0.267 e. The van der Waals surface area contributed by atoms with Gasteiger partial charge in [-0.1, -0.05) is 13.8 Å². The van der Waals surface area contributed by atoms with Crippen LogP contribution in [0.1, 0.15) is 42.0 Å². The van der Waals surface area contributed by atoms with Gasteiger partial charge in [0.1, 0.15) is 5.69 Å². The maximum Gasteiger partial charge on any atom is 0.267 e. The quantitative estimate of drug-likeness (QED) is 0.732. The minimum atomic E-state index is -0.359. The van der Waals surface area contributed by atoms with Crippen molar-refractivity contribution in [1.29, 1.82) is 0 Å². The molecule has 1 amide bonds. The first kappa shape index (κ1) is 13.8. The molecule has 0 aliphatic carbocycles. The van der Waals surface area contributed by atoms with Crippen molar-refractivity contribution in [2.75, 3.05) is 6.54 Å². The number of H-pyrrole nitrogens is 1. The molecule has 0 spiro atoms. The highest BCUT2D eigenvalue weighted by Crippen LogP contribution is 2.09.